The van der Waals surface area contributed by atoms with E-state index >= 15 is 0 Å². The van der Waals surface area contributed by atoms with Gasteiger partial charge in [-0.1, -0.05) is 12.8 Å². The molecule has 0 saturated carbocycles. The van der Waals surface area contributed by atoms with E-state index in [4.69, 9.17) is 6.42 Å². The van der Waals surface area contributed by atoms with Crippen LogP contribution in [0.1, 0.15) is 30.2 Å². The van der Waals surface area contributed by atoms with Gasteiger partial charge in [0.25, 0.3) is 0 Å². The third-order valence-corrected chi connectivity index (χ3v) is 2.62. The monoisotopic (exact) mass is 228 g/mol. The van der Waals surface area contributed by atoms with Crippen molar-refractivity contribution < 1.29 is 0 Å². The molecule has 0 fully saturated rings. The molecule has 0 N–H and O–H groups in total. The van der Waals surface area contributed by atoms with Gasteiger partial charge in [0, 0.05) is 6.54 Å². The van der Waals surface area contributed by atoms with Crippen LogP contribution < -0.4 is 4.90 Å². The van der Waals surface area contributed by atoms with Crippen molar-refractivity contribution in [3.8, 4) is 18.4 Å². The zero-order valence-electron chi connectivity index (χ0n) is 10.5. The summed E-state index contributed by atoms with van der Waals surface area (Å²) in [6.07, 6.45) is 6.28. The van der Waals surface area contributed by atoms with Crippen LogP contribution in [0.25, 0.3) is 0 Å². The second kappa shape index (κ2) is 5.86. The minimum atomic E-state index is 0.444. The van der Waals surface area contributed by atoms with Crippen molar-refractivity contribution in [3.63, 3.8) is 0 Å². The van der Waals surface area contributed by atoms with Crippen LogP contribution in [0.4, 0.5) is 5.82 Å². The molecular weight excluding hydrogens is 212 g/mol. The number of hydrogen-bond donors (Lipinski definition) is 0. The van der Waals surface area contributed by atoms with Gasteiger partial charge in [-0.3, -0.25) is 0 Å². The Bertz CT molecular complexity index is 479. The number of nitriles is 1. The van der Waals surface area contributed by atoms with Crippen molar-refractivity contribution >= 4 is 5.82 Å². The highest BCUT2D eigenvalue weighted by Gasteiger charge is 2.15. The van der Waals surface area contributed by atoms with Crippen molar-refractivity contribution in [2.24, 2.45) is 0 Å². The number of rotatable bonds is 4. The smallest absolute Gasteiger partial charge is 0.170 e. The number of aryl methyl sites for hydroxylation is 1. The molecule has 0 saturated heterocycles. The molecule has 0 aliphatic carbocycles. The first-order valence-corrected chi connectivity index (χ1v) is 5.58. The van der Waals surface area contributed by atoms with Gasteiger partial charge in [0.2, 0.25) is 0 Å². The Morgan fingerprint density at radius 1 is 1.35 bits per heavy atom. The summed E-state index contributed by atoms with van der Waals surface area (Å²) < 4.78 is 0. The highest BCUT2D eigenvalue weighted by Crippen LogP contribution is 2.21. The van der Waals surface area contributed by atoms with Crippen molar-refractivity contribution in [2.75, 3.05) is 18.0 Å². The summed E-state index contributed by atoms with van der Waals surface area (Å²) in [7, 11) is 0. The fourth-order valence-corrected chi connectivity index (χ4v) is 1.59. The van der Waals surface area contributed by atoms with Crippen LogP contribution in [0.3, 0.4) is 0 Å². The number of terminal acetylenes is 1. The number of aromatic nitrogens is 2. The van der Waals surface area contributed by atoms with E-state index in [1.165, 1.54) is 0 Å². The molecule has 0 spiro atoms. The molecule has 1 rings (SSSR count). The fraction of sp³-hybridized carbons (Fsp3) is 0.462. The molecule has 0 bridgehead atoms. The van der Waals surface area contributed by atoms with Crippen LogP contribution in [0.5, 0.6) is 0 Å². The number of nitrogens with zero attached hydrogens (tertiary/aromatic N) is 4. The number of hydrogen-bond acceptors (Lipinski definition) is 4. The Balaban J connectivity index is 3.25. The SMILES string of the molecule is C#CCN(CCC)c1nnc(C)c(C)c1C#N. The van der Waals surface area contributed by atoms with Crippen LogP contribution in [-0.2, 0) is 0 Å². The predicted octanol–water partition coefficient (Wildman–Crippen LogP) is 1.81. The average Bonchev–Trinajstić information content (AvgIpc) is 2.32. The molecule has 1 aromatic rings. The lowest BCUT2D eigenvalue weighted by Crippen LogP contribution is -2.27. The zero-order valence-corrected chi connectivity index (χ0v) is 10.5. The molecule has 88 valence electrons. The van der Waals surface area contributed by atoms with Crippen molar-refractivity contribution in [1.82, 2.24) is 10.2 Å². The van der Waals surface area contributed by atoms with Gasteiger partial charge in [-0.15, -0.1) is 11.5 Å². The lowest BCUT2D eigenvalue weighted by atomic mass is 10.1. The molecule has 0 unspecified atom stereocenters. The predicted molar refractivity (Wildman–Crippen MR) is 67.6 cm³/mol. The third kappa shape index (κ3) is 2.73. The maximum absolute atomic E-state index is 9.21. The first-order chi connectivity index (χ1) is 8.15. The molecular formula is C13H16N4. The topological polar surface area (TPSA) is 52.8 Å². The van der Waals surface area contributed by atoms with Crippen LogP contribution in [0.15, 0.2) is 0 Å². The van der Waals surface area contributed by atoms with Crippen LogP contribution >= 0.6 is 0 Å². The minimum Gasteiger partial charge on any atom is -0.343 e. The van der Waals surface area contributed by atoms with Gasteiger partial charge in [0.05, 0.1) is 12.2 Å². The molecule has 0 aliphatic rings. The van der Waals surface area contributed by atoms with Gasteiger partial charge in [-0.25, -0.2) is 0 Å². The lowest BCUT2D eigenvalue weighted by molar-refractivity contribution is 0.786. The fourth-order valence-electron chi connectivity index (χ4n) is 1.59. The summed E-state index contributed by atoms with van der Waals surface area (Å²) in [5.41, 5.74) is 2.22. The highest BCUT2D eigenvalue weighted by molar-refractivity contribution is 5.58. The molecule has 1 aromatic heterocycles. The molecule has 17 heavy (non-hydrogen) atoms. The van der Waals surface area contributed by atoms with Gasteiger partial charge >= 0.3 is 0 Å². The van der Waals surface area contributed by atoms with Crippen molar-refractivity contribution in [2.45, 2.75) is 27.2 Å². The van der Waals surface area contributed by atoms with Gasteiger partial charge < -0.3 is 4.90 Å². The standard InChI is InChI=1S/C13H16N4/c1-5-7-17(8-6-2)13-12(9-14)10(3)11(4)15-16-13/h1H,6-8H2,2-4H3. The molecule has 0 amide bonds. The van der Waals surface area contributed by atoms with E-state index in [1.54, 1.807) is 0 Å². The highest BCUT2D eigenvalue weighted by atomic mass is 15.3. The van der Waals surface area contributed by atoms with Crippen molar-refractivity contribution in [1.29, 1.82) is 5.26 Å². The molecule has 0 radical (unpaired) electrons. The second-order valence-corrected chi connectivity index (χ2v) is 3.85. The summed E-state index contributed by atoms with van der Waals surface area (Å²) in [4.78, 5) is 1.91. The Morgan fingerprint density at radius 3 is 2.59 bits per heavy atom. The average molecular weight is 228 g/mol. The van der Waals surface area contributed by atoms with Gasteiger partial charge in [-0.05, 0) is 25.8 Å². The molecule has 0 aromatic carbocycles. The van der Waals surface area contributed by atoms with E-state index in [-0.39, 0.29) is 0 Å². The first-order valence-electron chi connectivity index (χ1n) is 5.58. The van der Waals surface area contributed by atoms with E-state index in [2.05, 4.69) is 29.1 Å². The molecule has 0 aliphatic heterocycles. The summed E-state index contributed by atoms with van der Waals surface area (Å²) >= 11 is 0. The quantitative estimate of drug-likeness (QED) is 0.737. The summed E-state index contributed by atoms with van der Waals surface area (Å²) in [5.74, 6) is 3.18. The van der Waals surface area contributed by atoms with E-state index in [9.17, 15) is 5.26 Å². The van der Waals surface area contributed by atoms with Crippen LogP contribution in [0, 0.1) is 37.5 Å². The van der Waals surface area contributed by atoms with Gasteiger partial charge in [-0.2, -0.15) is 10.4 Å². The Labute approximate surface area is 102 Å². The van der Waals surface area contributed by atoms with Crippen LogP contribution in [-0.4, -0.2) is 23.3 Å². The van der Waals surface area contributed by atoms with Gasteiger partial charge in [0.15, 0.2) is 5.82 Å². The van der Waals surface area contributed by atoms with Crippen LogP contribution in [0.2, 0.25) is 0 Å². The van der Waals surface area contributed by atoms with Crippen molar-refractivity contribution in [3.05, 3.63) is 16.8 Å². The first kappa shape index (κ1) is 13.0. The largest absolute Gasteiger partial charge is 0.343 e. The van der Waals surface area contributed by atoms with Gasteiger partial charge in [0.1, 0.15) is 11.6 Å². The molecule has 4 heteroatoms. The second-order valence-electron chi connectivity index (χ2n) is 3.85. The lowest BCUT2D eigenvalue weighted by Gasteiger charge is -2.21. The Morgan fingerprint density at radius 2 is 2.06 bits per heavy atom. The summed E-state index contributed by atoms with van der Waals surface area (Å²) in [6, 6.07) is 2.19. The number of anilines is 1. The Kier molecular flexibility index (Phi) is 4.48. The maximum atomic E-state index is 9.21. The van der Waals surface area contributed by atoms with E-state index < -0.39 is 0 Å². The third-order valence-electron chi connectivity index (χ3n) is 2.62. The zero-order chi connectivity index (χ0) is 12.8. The summed E-state index contributed by atoms with van der Waals surface area (Å²) in [6.45, 7) is 7.00. The molecule has 4 nitrogen and oxygen atoms in total. The maximum Gasteiger partial charge on any atom is 0.170 e. The minimum absolute atomic E-state index is 0.444. The molecule has 0 atom stereocenters. The Hall–Kier alpha value is -2.07. The van der Waals surface area contributed by atoms with E-state index in [0.717, 1.165) is 24.2 Å². The van der Waals surface area contributed by atoms with E-state index in [1.807, 2.05) is 18.7 Å². The van der Waals surface area contributed by atoms with E-state index in [0.29, 0.717) is 17.9 Å². The summed E-state index contributed by atoms with van der Waals surface area (Å²) in [5, 5.41) is 17.4. The normalized spacial score (nSPS) is 9.47. The molecule has 1 heterocycles.